The normalized spacial score (nSPS) is 17.0. The number of ether oxygens (including phenoxy) is 1. The summed E-state index contributed by atoms with van der Waals surface area (Å²) in [5.41, 5.74) is 1.22. The number of aliphatic hydroxyl groups excluding tert-OH is 1. The van der Waals surface area contributed by atoms with E-state index in [1.807, 2.05) is 12.1 Å². The van der Waals surface area contributed by atoms with Gasteiger partial charge in [0, 0.05) is 12.1 Å². The van der Waals surface area contributed by atoms with Crippen LogP contribution in [0.2, 0.25) is 0 Å². The predicted molar refractivity (Wildman–Crippen MR) is 81.9 cm³/mol. The van der Waals surface area contributed by atoms with Crippen LogP contribution in [0, 0.1) is 5.92 Å². The standard InChI is InChI=1S/C17H27NO2/c1-14(2)8-11-20-16-6-4-15(5-7-16)12-18-17(13-19)9-3-10-17/h4-7,14,18-19H,3,8-13H2,1-2H3. The van der Waals surface area contributed by atoms with Gasteiger partial charge in [0.15, 0.2) is 0 Å². The van der Waals surface area contributed by atoms with E-state index in [2.05, 4.69) is 31.3 Å². The molecule has 1 saturated carbocycles. The molecule has 1 aliphatic rings. The lowest BCUT2D eigenvalue weighted by Gasteiger charge is -2.41. The van der Waals surface area contributed by atoms with E-state index in [4.69, 9.17) is 4.74 Å². The Morgan fingerprint density at radius 1 is 1.25 bits per heavy atom. The van der Waals surface area contributed by atoms with Gasteiger partial charge in [-0.05, 0) is 49.3 Å². The van der Waals surface area contributed by atoms with Crippen LogP contribution in [0.15, 0.2) is 24.3 Å². The fraction of sp³-hybridized carbons (Fsp3) is 0.647. The van der Waals surface area contributed by atoms with E-state index in [9.17, 15) is 5.11 Å². The SMILES string of the molecule is CC(C)CCOc1ccc(CNC2(CO)CCC2)cc1. The summed E-state index contributed by atoms with van der Waals surface area (Å²) in [6.45, 7) is 6.24. The smallest absolute Gasteiger partial charge is 0.119 e. The summed E-state index contributed by atoms with van der Waals surface area (Å²) in [4.78, 5) is 0. The van der Waals surface area contributed by atoms with Crippen molar-refractivity contribution in [1.29, 1.82) is 0 Å². The van der Waals surface area contributed by atoms with Crippen molar-refractivity contribution >= 4 is 0 Å². The Labute approximate surface area is 122 Å². The van der Waals surface area contributed by atoms with Gasteiger partial charge in [-0.1, -0.05) is 26.0 Å². The van der Waals surface area contributed by atoms with E-state index in [1.165, 1.54) is 12.0 Å². The molecule has 112 valence electrons. The summed E-state index contributed by atoms with van der Waals surface area (Å²) in [5, 5.41) is 12.9. The fourth-order valence-electron chi connectivity index (χ4n) is 2.40. The maximum absolute atomic E-state index is 9.42. The maximum Gasteiger partial charge on any atom is 0.119 e. The highest BCUT2D eigenvalue weighted by Gasteiger charge is 2.35. The first-order valence-corrected chi connectivity index (χ1v) is 7.71. The maximum atomic E-state index is 9.42. The highest BCUT2D eigenvalue weighted by atomic mass is 16.5. The van der Waals surface area contributed by atoms with Crippen LogP contribution < -0.4 is 10.1 Å². The summed E-state index contributed by atoms with van der Waals surface area (Å²) in [6.07, 6.45) is 4.47. The van der Waals surface area contributed by atoms with Crippen LogP contribution in [0.1, 0.15) is 45.1 Å². The monoisotopic (exact) mass is 277 g/mol. The Morgan fingerprint density at radius 2 is 1.95 bits per heavy atom. The molecule has 0 heterocycles. The fourth-order valence-corrected chi connectivity index (χ4v) is 2.40. The predicted octanol–water partition coefficient (Wildman–Crippen LogP) is 3.12. The largest absolute Gasteiger partial charge is 0.494 e. The van der Waals surface area contributed by atoms with Gasteiger partial charge in [0.25, 0.3) is 0 Å². The van der Waals surface area contributed by atoms with Crippen LogP contribution in [0.25, 0.3) is 0 Å². The number of rotatable bonds is 8. The van der Waals surface area contributed by atoms with Crippen LogP contribution in [0.3, 0.4) is 0 Å². The van der Waals surface area contributed by atoms with Crippen molar-refractivity contribution in [3.8, 4) is 5.75 Å². The van der Waals surface area contributed by atoms with E-state index in [1.54, 1.807) is 0 Å². The van der Waals surface area contributed by atoms with Crippen LogP contribution in [0.5, 0.6) is 5.75 Å². The Morgan fingerprint density at radius 3 is 2.45 bits per heavy atom. The molecular weight excluding hydrogens is 250 g/mol. The molecule has 0 aromatic heterocycles. The third-order valence-electron chi connectivity index (χ3n) is 4.17. The summed E-state index contributed by atoms with van der Waals surface area (Å²) in [6, 6.07) is 8.26. The molecule has 0 aliphatic heterocycles. The van der Waals surface area contributed by atoms with Crippen molar-refractivity contribution < 1.29 is 9.84 Å². The minimum atomic E-state index is -0.0214. The zero-order chi connectivity index (χ0) is 14.4. The minimum Gasteiger partial charge on any atom is -0.494 e. The van der Waals surface area contributed by atoms with E-state index < -0.39 is 0 Å². The van der Waals surface area contributed by atoms with Crippen LogP contribution >= 0.6 is 0 Å². The number of nitrogens with one attached hydrogen (secondary N) is 1. The Hall–Kier alpha value is -1.06. The van der Waals surface area contributed by atoms with Gasteiger partial charge in [0.2, 0.25) is 0 Å². The number of aliphatic hydroxyl groups is 1. The summed E-state index contributed by atoms with van der Waals surface area (Å²) in [5.74, 6) is 1.62. The molecule has 1 aliphatic carbocycles. The summed E-state index contributed by atoms with van der Waals surface area (Å²) < 4.78 is 5.71. The first-order valence-electron chi connectivity index (χ1n) is 7.71. The van der Waals surface area contributed by atoms with Crippen molar-refractivity contribution in [3.05, 3.63) is 29.8 Å². The summed E-state index contributed by atoms with van der Waals surface area (Å²) >= 11 is 0. The molecule has 3 nitrogen and oxygen atoms in total. The molecule has 0 radical (unpaired) electrons. The van der Waals surface area contributed by atoms with Gasteiger partial charge in [-0.3, -0.25) is 0 Å². The highest BCUT2D eigenvalue weighted by Crippen LogP contribution is 2.31. The Kier molecular flexibility index (Phi) is 5.44. The first kappa shape index (κ1) is 15.3. The second-order valence-corrected chi connectivity index (χ2v) is 6.32. The lowest BCUT2D eigenvalue weighted by Crippen LogP contribution is -2.53. The molecule has 0 unspecified atom stereocenters. The molecule has 3 heteroatoms. The zero-order valence-electron chi connectivity index (χ0n) is 12.7. The van der Waals surface area contributed by atoms with E-state index in [-0.39, 0.29) is 12.1 Å². The third-order valence-corrected chi connectivity index (χ3v) is 4.17. The van der Waals surface area contributed by atoms with Gasteiger partial charge in [-0.25, -0.2) is 0 Å². The van der Waals surface area contributed by atoms with Crippen LogP contribution in [0.4, 0.5) is 0 Å². The van der Waals surface area contributed by atoms with Crippen molar-refractivity contribution in [2.45, 2.75) is 51.6 Å². The van der Waals surface area contributed by atoms with Crippen molar-refractivity contribution in [2.75, 3.05) is 13.2 Å². The number of hydrogen-bond donors (Lipinski definition) is 2. The molecule has 1 aromatic carbocycles. The van der Waals surface area contributed by atoms with Gasteiger partial charge in [0.1, 0.15) is 5.75 Å². The Bertz CT molecular complexity index is 390. The van der Waals surface area contributed by atoms with Crippen LogP contribution in [-0.2, 0) is 6.54 Å². The molecule has 20 heavy (non-hydrogen) atoms. The zero-order valence-corrected chi connectivity index (χ0v) is 12.7. The molecule has 0 saturated heterocycles. The molecule has 0 atom stereocenters. The van der Waals surface area contributed by atoms with Gasteiger partial charge in [-0.2, -0.15) is 0 Å². The lowest BCUT2D eigenvalue weighted by atomic mass is 9.77. The molecular formula is C17H27NO2. The average molecular weight is 277 g/mol. The highest BCUT2D eigenvalue weighted by molar-refractivity contribution is 5.27. The van der Waals surface area contributed by atoms with E-state index in [0.717, 1.165) is 38.2 Å². The van der Waals surface area contributed by atoms with E-state index >= 15 is 0 Å². The second-order valence-electron chi connectivity index (χ2n) is 6.32. The molecule has 0 spiro atoms. The Balaban J connectivity index is 1.76. The molecule has 1 aromatic rings. The minimum absolute atomic E-state index is 0.0214. The molecule has 2 N–H and O–H groups in total. The van der Waals surface area contributed by atoms with Gasteiger partial charge >= 0.3 is 0 Å². The van der Waals surface area contributed by atoms with Gasteiger partial charge in [-0.15, -0.1) is 0 Å². The number of benzene rings is 1. The van der Waals surface area contributed by atoms with Crippen molar-refractivity contribution in [1.82, 2.24) is 5.32 Å². The summed E-state index contributed by atoms with van der Waals surface area (Å²) in [7, 11) is 0. The lowest BCUT2D eigenvalue weighted by molar-refractivity contribution is 0.0872. The second kappa shape index (κ2) is 7.09. The van der Waals surface area contributed by atoms with Crippen LogP contribution in [-0.4, -0.2) is 23.9 Å². The molecule has 1 fully saturated rings. The van der Waals surface area contributed by atoms with Gasteiger partial charge < -0.3 is 15.2 Å². The molecule has 0 amide bonds. The molecule has 2 rings (SSSR count). The molecule has 0 bridgehead atoms. The van der Waals surface area contributed by atoms with Crippen molar-refractivity contribution in [3.63, 3.8) is 0 Å². The topological polar surface area (TPSA) is 41.5 Å². The van der Waals surface area contributed by atoms with Gasteiger partial charge in [0.05, 0.1) is 13.2 Å². The first-order chi connectivity index (χ1) is 9.63. The van der Waals surface area contributed by atoms with E-state index in [0.29, 0.717) is 5.92 Å². The quantitative estimate of drug-likeness (QED) is 0.767. The van der Waals surface area contributed by atoms with Crippen molar-refractivity contribution in [2.24, 2.45) is 5.92 Å². The average Bonchev–Trinajstić information content (AvgIpc) is 2.39. The third kappa shape index (κ3) is 4.22. The number of hydrogen-bond acceptors (Lipinski definition) is 3.